The zero-order valence-corrected chi connectivity index (χ0v) is 13.5. The fraction of sp³-hybridized carbons (Fsp3) is 0.0625. The number of aromatic nitrogens is 2. The Labute approximate surface area is 141 Å². The van der Waals surface area contributed by atoms with E-state index >= 15 is 0 Å². The standard InChI is InChI=1S/C16H12FN3OS2/c17-11-5-3-10(4-6-11)8-12-9-19-16(23-12)20-14(21)13-2-1-7-18-15(13)22/h1-7,9H,8H2,(H,18,22)(H,19,20,21). The van der Waals surface area contributed by atoms with Gasteiger partial charge in [-0.2, -0.15) is 0 Å². The van der Waals surface area contributed by atoms with Crippen molar-refractivity contribution >= 4 is 34.6 Å². The molecule has 0 saturated heterocycles. The summed E-state index contributed by atoms with van der Waals surface area (Å²) in [7, 11) is 0. The molecule has 2 heterocycles. The molecule has 3 aromatic rings. The number of anilines is 1. The third-order valence-corrected chi connectivity index (χ3v) is 4.38. The summed E-state index contributed by atoms with van der Waals surface area (Å²) in [5.41, 5.74) is 1.39. The summed E-state index contributed by atoms with van der Waals surface area (Å²) in [5, 5.41) is 3.24. The van der Waals surface area contributed by atoms with Crippen LogP contribution in [0.25, 0.3) is 0 Å². The van der Waals surface area contributed by atoms with Crippen LogP contribution in [0.4, 0.5) is 9.52 Å². The Balaban J connectivity index is 1.70. The summed E-state index contributed by atoms with van der Waals surface area (Å²) in [6, 6.07) is 9.69. The van der Waals surface area contributed by atoms with Crippen LogP contribution in [0.1, 0.15) is 20.8 Å². The van der Waals surface area contributed by atoms with Crippen molar-refractivity contribution in [2.75, 3.05) is 5.32 Å². The Hall–Kier alpha value is -2.38. The van der Waals surface area contributed by atoms with E-state index in [4.69, 9.17) is 12.2 Å². The van der Waals surface area contributed by atoms with Gasteiger partial charge in [0.25, 0.3) is 5.91 Å². The van der Waals surface area contributed by atoms with Gasteiger partial charge in [-0.1, -0.05) is 24.4 Å². The number of nitrogens with one attached hydrogen (secondary N) is 2. The number of hydrogen-bond donors (Lipinski definition) is 2. The number of nitrogens with zero attached hydrogens (tertiary/aromatic N) is 1. The number of aromatic amines is 1. The number of pyridine rings is 1. The maximum absolute atomic E-state index is 12.9. The monoisotopic (exact) mass is 345 g/mol. The first-order valence-corrected chi connectivity index (χ1v) is 8.02. The van der Waals surface area contributed by atoms with Gasteiger partial charge in [-0.25, -0.2) is 9.37 Å². The lowest BCUT2D eigenvalue weighted by Gasteiger charge is -2.01. The maximum atomic E-state index is 12.9. The number of halogens is 1. The van der Waals surface area contributed by atoms with E-state index in [-0.39, 0.29) is 11.7 Å². The lowest BCUT2D eigenvalue weighted by atomic mass is 10.1. The highest BCUT2D eigenvalue weighted by Gasteiger charge is 2.11. The minimum absolute atomic E-state index is 0.259. The Morgan fingerprint density at radius 3 is 2.83 bits per heavy atom. The van der Waals surface area contributed by atoms with Crippen molar-refractivity contribution in [1.82, 2.24) is 9.97 Å². The molecule has 116 valence electrons. The van der Waals surface area contributed by atoms with Crippen molar-refractivity contribution in [1.29, 1.82) is 0 Å². The highest BCUT2D eigenvalue weighted by molar-refractivity contribution is 7.71. The summed E-state index contributed by atoms with van der Waals surface area (Å²) in [4.78, 5) is 20.2. The third-order valence-electron chi connectivity index (χ3n) is 3.13. The molecule has 23 heavy (non-hydrogen) atoms. The van der Waals surface area contributed by atoms with E-state index in [1.54, 1.807) is 36.7 Å². The Morgan fingerprint density at radius 2 is 2.09 bits per heavy atom. The molecule has 0 saturated carbocycles. The van der Waals surface area contributed by atoms with E-state index < -0.39 is 0 Å². The Kier molecular flexibility index (Phi) is 4.59. The Morgan fingerprint density at radius 1 is 1.30 bits per heavy atom. The number of rotatable bonds is 4. The van der Waals surface area contributed by atoms with Crippen LogP contribution < -0.4 is 5.32 Å². The fourth-order valence-corrected chi connectivity index (χ4v) is 3.09. The summed E-state index contributed by atoms with van der Waals surface area (Å²) in [5.74, 6) is -0.556. The first kappa shape index (κ1) is 15.5. The van der Waals surface area contributed by atoms with Crippen LogP contribution in [0.15, 0.2) is 48.8 Å². The molecule has 0 radical (unpaired) electrons. The van der Waals surface area contributed by atoms with E-state index in [1.165, 1.54) is 23.5 Å². The summed E-state index contributed by atoms with van der Waals surface area (Å²) in [6.45, 7) is 0. The van der Waals surface area contributed by atoms with Gasteiger partial charge in [0.1, 0.15) is 10.5 Å². The molecule has 0 unspecified atom stereocenters. The minimum Gasteiger partial charge on any atom is -0.352 e. The molecule has 4 nitrogen and oxygen atoms in total. The highest BCUT2D eigenvalue weighted by Crippen LogP contribution is 2.22. The second-order valence-electron chi connectivity index (χ2n) is 4.80. The second kappa shape index (κ2) is 6.80. The average Bonchev–Trinajstić information content (AvgIpc) is 2.97. The number of hydrogen-bond acceptors (Lipinski definition) is 4. The molecule has 7 heteroatoms. The van der Waals surface area contributed by atoms with E-state index in [9.17, 15) is 9.18 Å². The molecule has 0 spiro atoms. The normalized spacial score (nSPS) is 10.5. The predicted octanol–water partition coefficient (Wildman–Crippen LogP) is 4.18. The molecule has 2 aromatic heterocycles. The molecule has 1 amide bonds. The zero-order valence-electron chi connectivity index (χ0n) is 11.9. The number of benzene rings is 1. The van der Waals surface area contributed by atoms with Gasteiger partial charge in [0, 0.05) is 23.7 Å². The van der Waals surface area contributed by atoms with Crippen LogP contribution in [0.5, 0.6) is 0 Å². The van der Waals surface area contributed by atoms with Crippen LogP contribution in [0.3, 0.4) is 0 Å². The molecular formula is C16H12FN3OS2. The lowest BCUT2D eigenvalue weighted by Crippen LogP contribution is -2.12. The van der Waals surface area contributed by atoms with Crippen LogP contribution >= 0.6 is 23.6 Å². The van der Waals surface area contributed by atoms with Crippen LogP contribution in [0, 0.1) is 10.5 Å². The number of carbonyl (C=O) groups is 1. The molecule has 0 bridgehead atoms. The molecule has 0 aliphatic rings. The minimum atomic E-state index is -0.297. The number of thiazole rings is 1. The summed E-state index contributed by atoms with van der Waals surface area (Å²) >= 11 is 6.46. The predicted molar refractivity (Wildman–Crippen MR) is 90.9 cm³/mol. The van der Waals surface area contributed by atoms with Crippen molar-refractivity contribution < 1.29 is 9.18 Å². The fourth-order valence-electron chi connectivity index (χ4n) is 2.02. The first-order valence-electron chi connectivity index (χ1n) is 6.80. The van der Waals surface area contributed by atoms with Gasteiger partial charge < -0.3 is 4.98 Å². The average molecular weight is 345 g/mol. The Bertz CT molecular complexity index is 887. The highest BCUT2D eigenvalue weighted by atomic mass is 32.1. The summed E-state index contributed by atoms with van der Waals surface area (Å²) < 4.78 is 13.3. The molecule has 0 aliphatic carbocycles. The van der Waals surface area contributed by atoms with E-state index in [1.807, 2.05) is 0 Å². The molecule has 1 aromatic carbocycles. The molecule has 3 rings (SSSR count). The maximum Gasteiger partial charge on any atom is 0.260 e. The van der Waals surface area contributed by atoms with Gasteiger partial charge in [-0.15, -0.1) is 11.3 Å². The van der Waals surface area contributed by atoms with E-state index in [2.05, 4.69) is 15.3 Å². The van der Waals surface area contributed by atoms with Gasteiger partial charge in [-0.05, 0) is 29.8 Å². The largest absolute Gasteiger partial charge is 0.352 e. The zero-order chi connectivity index (χ0) is 16.2. The van der Waals surface area contributed by atoms with Gasteiger partial charge in [0.2, 0.25) is 0 Å². The first-order chi connectivity index (χ1) is 11.1. The molecule has 0 aliphatic heterocycles. The van der Waals surface area contributed by atoms with Crippen LogP contribution in [0.2, 0.25) is 0 Å². The van der Waals surface area contributed by atoms with Crippen LogP contribution in [-0.4, -0.2) is 15.9 Å². The van der Waals surface area contributed by atoms with Crippen molar-refractivity contribution in [2.24, 2.45) is 0 Å². The third kappa shape index (κ3) is 3.88. The van der Waals surface area contributed by atoms with Crippen LogP contribution in [-0.2, 0) is 6.42 Å². The SMILES string of the molecule is O=C(Nc1ncc(Cc2ccc(F)cc2)s1)c1ccc[nH]c1=S. The summed E-state index contributed by atoms with van der Waals surface area (Å²) in [6.07, 6.45) is 4.01. The van der Waals surface area contributed by atoms with Gasteiger partial charge in [0.05, 0.1) is 5.56 Å². The number of amides is 1. The lowest BCUT2D eigenvalue weighted by molar-refractivity contribution is 0.102. The number of H-pyrrole nitrogens is 1. The van der Waals surface area contributed by atoms with Gasteiger partial charge >= 0.3 is 0 Å². The smallest absolute Gasteiger partial charge is 0.260 e. The van der Waals surface area contributed by atoms with E-state index in [0.717, 1.165) is 10.4 Å². The van der Waals surface area contributed by atoms with Crippen molar-refractivity contribution in [3.05, 3.63) is 75.3 Å². The van der Waals surface area contributed by atoms with Crippen molar-refractivity contribution in [3.63, 3.8) is 0 Å². The quantitative estimate of drug-likeness (QED) is 0.697. The topological polar surface area (TPSA) is 57.8 Å². The van der Waals surface area contributed by atoms with Gasteiger partial charge in [-0.3, -0.25) is 10.1 Å². The van der Waals surface area contributed by atoms with E-state index in [0.29, 0.717) is 21.8 Å². The molecule has 0 atom stereocenters. The van der Waals surface area contributed by atoms with Crippen molar-refractivity contribution in [3.8, 4) is 0 Å². The molecular weight excluding hydrogens is 333 g/mol. The van der Waals surface area contributed by atoms with Crippen molar-refractivity contribution in [2.45, 2.75) is 6.42 Å². The second-order valence-corrected chi connectivity index (χ2v) is 6.33. The van der Waals surface area contributed by atoms with Gasteiger partial charge in [0.15, 0.2) is 5.13 Å². The molecule has 2 N–H and O–H groups in total. The molecule has 0 fully saturated rings. The number of carbonyl (C=O) groups excluding carboxylic acids is 1.